The molecule has 2 aromatic carbocycles. The third-order valence-corrected chi connectivity index (χ3v) is 4.19. The summed E-state index contributed by atoms with van der Waals surface area (Å²) < 4.78 is 39.5. The number of hydrogen-bond donors (Lipinski definition) is 0. The predicted molar refractivity (Wildman–Crippen MR) is 98.1 cm³/mol. The van der Waals surface area contributed by atoms with E-state index in [0.717, 1.165) is 0 Å². The van der Waals surface area contributed by atoms with Crippen LogP contribution in [-0.4, -0.2) is 24.0 Å². The minimum atomic E-state index is -0.568. The Morgan fingerprint density at radius 2 is 1.48 bits per heavy atom. The largest absolute Gasteiger partial charge is 0.494 e. The Balaban J connectivity index is 2.25. The van der Waals surface area contributed by atoms with Crippen molar-refractivity contribution in [2.75, 3.05) is 14.2 Å². The van der Waals surface area contributed by atoms with Crippen LogP contribution >= 0.6 is 0 Å². The number of nitrogens with zero attached hydrogens (tertiary/aromatic N) is 2. The van der Waals surface area contributed by atoms with Crippen molar-refractivity contribution in [2.24, 2.45) is 0 Å². The van der Waals surface area contributed by atoms with Gasteiger partial charge in [0.2, 0.25) is 0 Å². The molecule has 0 amide bonds. The summed E-state index contributed by atoms with van der Waals surface area (Å²) in [7, 11) is 2.74. The van der Waals surface area contributed by atoms with Gasteiger partial charge in [0.05, 0.1) is 19.9 Å². The molecule has 0 atom stereocenters. The van der Waals surface area contributed by atoms with Gasteiger partial charge in [-0.15, -0.1) is 0 Å². The molecule has 3 aromatic rings. The highest BCUT2D eigenvalue weighted by molar-refractivity contribution is 5.80. The van der Waals surface area contributed by atoms with Gasteiger partial charge in [-0.05, 0) is 42.8 Å². The normalized spacial score (nSPS) is 10.7. The lowest BCUT2D eigenvalue weighted by Crippen LogP contribution is -2.22. The highest BCUT2D eigenvalue weighted by Crippen LogP contribution is 2.33. The first-order chi connectivity index (χ1) is 13.0. The van der Waals surface area contributed by atoms with E-state index < -0.39 is 11.6 Å². The second kappa shape index (κ2) is 7.57. The van der Waals surface area contributed by atoms with Crippen molar-refractivity contribution in [3.8, 4) is 33.9 Å². The number of halogens is 2. The van der Waals surface area contributed by atoms with Gasteiger partial charge in [0.25, 0.3) is 5.56 Å². The van der Waals surface area contributed by atoms with E-state index in [2.05, 4.69) is 5.10 Å². The van der Waals surface area contributed by atoms with Crippen LogP contribution in [0.2, 0.25) is 0 Å². The second-order valence-electron chi connectivity index (χ2n) is 5.76. The highest BCUT2D eigenvalue weighted by atomic mass is 19.1. The Morgan fingerprint density at radius 3 is 2.00 bits per heavy atom. The van der Waals surface area contributed by atoms with Crippen LogP contribution < -0.4 is 15.0 Å². The van der Waals surface area contributed by atoms with Gasteiger partial charge in [-0.2, -0.15) is 5.10 Å². The zero-order valence-electron chi connectivity index (χ0n) is 15.1. The van der Waals surface area contributed by atoms with Crippen molar-refractivity contribution in [3.63, 3.8) is 0 Å². The van der Waals surface area contributed by atoms with Crippen molar-refractivity contribution in [2.45, 2.75) is 13.5 Å². The lowest BCUT2D eigenvalue weighted by atomic mass is 9.99. The van der Waals surface area contributed by atoms with Gasteiger partial charge in [0, 0.05) is 23.7 Å². The number of hydrogen-bond acceptors (Lipinski definition) is 4. The molecule has 5 nitrogen and oxygen atoms in total. The van der Waals surface area contributed by atoms with Crippen LogP contribution in [0.5, 0.6) is 11.5 Å². The van der Waals surface area contributed by atoms with Gasteiger partial charge in [0.15, 0.2) is 23.1 Å². The molecule has 0 saturated carbocycles. The number of rotatable bonds is 5. The summed E-state index contributed by atoms with van der Waals surface area (Å²) >= 11 is 0. The minimum Gasteiger partial charge on any atom is -0.494 e. The van der Waals surface area contributed by atoms with Gasteiger partial charge < -0.3 is 9.47 Å². The molecule has 0 radical (unpaired) electrons. The fourth-order valence-corrected chi connectivity index (χ4v) is 2.80. The Morgan fingerprint density at radius 1 is 0.926 bits per heavy atom. The molecule has 7 heteroatoms. The van der Waals surface area contributed by atoms with Crippen LogP contribution in [0, 0.1) is 11.6 Å². The summed E-state index contributed by atoms with van der Waals surface area (Å²) in [6.45, 7) is 2.13. The SMILES string of the molecule is CCn1nc(-c2ccc(OC)c(F)c2)c(-c2ccc(OC)c(F)c2)cc1=O. The van der Waals surface area contributed by atoms with E-state index in [1.54, 1.807) is 19.1 Å². The third kappa shape index (κ3) is 3.53. The Bertz CT molecular complexity index is 1050. The summed E-state index contributed by atoms with van der Waals surface area (Å²) in [5.41, 5.74) is 1.31. The average molecular weight is 372 g/mol. The van der Waals surface area contributed by atoms with Gasteiger partial charge in [-0.25, -0.2) is 13.5 Å². The Hall–Kier alpha value is -3.22. The molecule has 0 spiro atoms. The van der Waals surface area contributed by atoms with Crippen LogP contribution in [0.15, 0.2) is 47.3 Å². The fraction of sp³-hybridized carbons (Fsp3) is 0.200. The smallest absolute Gasteiger partial charge is 0.267 e. The molecular formula is C20H18F2N2O3. The first-order valence-electron chi connectivity index (χ1n) is 8.28. The topological polar surface area (TPSA) is 53.4 Å². The van der Waals surface area contributed by atoms with Gasteiger partial charge in [0.1, 0.15) is 0 Å². The van der Waals surface area contributed by atoms with E-state index in [-0.39, 0.29) is 17.1 Å². The first-order valence-corrected chi connectivity index (χ1v) is 8.28. The molecular weight excluding hydrogens is 354 g/mol. The summed E-state index contributed by atoms with van der Waals surface area (Å²) in [5, 5.41) is 4.35. The number of aryl methyl sites for hydroxylation is 1. The number of benzene rings is 2. The molecule has 0 unspecified atom stereocenters. The highest BCUT2D eigenvalue weighted by Gasteiger charge is 2.16. The standard InChI is InChI=1S/C20H18F2N2O3/c1-4-24-19(25)11-14(12-5-7-17(26-2)15(21)9-12)20(23-24)13-6-8-18(27-3)16(22)10-13/h5-11H,4H2,1-3H3. The van der Waals surface area contributed by atoms with E-state index in [1.165, 1.54) is 49.2 Å². The zero-order valence-corrected chi connectivity index (χ0v) is 15.1. The maximum absolute atomic E-state index is 14.2. The molecule has 0 aliphatic carbocycles. The van der Waals surface area contributed by atoms with Crippen molar-refractivity contribution >= 4 is 0 Å². The molecule has 0 aliphatic rings. The fourth-order valence-electron chi connectivity index (χ4n) is 2.80. The van der Waals surface area contributed by atoms with E-state index in [4.69, 9.17) is 9.47 Å². The number of aromatic nitrogens is 2. The van der Waals surface area contributed by atoms with Gasteiger partial charge in [-0.1, -0.05) is 6.07 Å². The predicted octanol–water partition coefficient (Wildman–Crippen LogP) is 3.89. The summed E-state index contributed by atoms with van der Waals surface area (Å²) in [5.74, 6) is -0.940. The quantitative estimate of drug-likeness (QED) is 0.682. The van der Waals surface area contributed by atoms with Gasteiger partial charge >= 0.3 is 0 Å². The van der Waals surface area contributed by atoms with Crippen molar-refractivity contribution < 1.29 is 18.3 Å². The average Bonchev–Trinajstić information content (AvgIpc) is 2.67. The van der Waals surface area contributed by atoms with Crippen molar-refractivity contribution in [3.05, 3.63) is 64.5 Å². The molecule has 0 N–H and O–H groups in total. The Labute approximate surface area is 154 Å². The molecule has 1 aromatic heterocycles. The minimum absolute atomic E-state index is 0.0886. The molecule has 0 bridgehead atoms. The van der Waals surface area contributed by atoms with Crippen LogP contribution in [0.4, 0.5) is 8.78 Å². The Kier molecular flexibility index (Phi) is 5.21. The lowest BCUT2D eigenvalue weighted by molar-refractivity contribution is 0.386. The van der Waals surface area contributed by atoms with Crippen molar-refractivity contribution in [1.29, 1.82) is 0 Å². The molecule has 27 heavy (non-hydrogen) atoms. The lowest BCUT2D eigenvalue weighted by Gasteiger charge is -2.13. The van der Waals surface area contributed by atoms with Crippen LogP contribution in [0.3, 0.4) is 0 Å². The monoisotopic (exact) mass is 372 g/mol. The molecule has 0 saturated heterocycles. The van der Waals surface area contributed by atoms with E-state index >= 15 is 0 Å². The van der Waals surface area contributed by atoms with Crippen LogP contribution in [0.1, 0.15) is 6.92 Å². The number of ether oxygens (including phenoxy) is 2. The third-order valence-electron chi connectivity index (χ3n) is 4.19. The van der Waals surface area contributed by atoms with E-state index in [1.807, 2.05) is 0 Å². The second-order valence-corrected chi connectivity index (χ2v) is 5.76. The first kappa shape index (κ1) is 18.6. The van der Waals surface area contributed by atoms with Gasteiger partial charge in [-0.3, -0.25) is 4.79 Å². The molecule has 0 aliphatic heterocycles. The maximum Gasteiger partial charge on any atom is 0.267 e. The van der Waals surface area contributed by atoms with E-state index in [0.29, 0.717) is 28.9 Å². The zero-order chi connectivity index (χ0) is 19.6. The molecule has 140 valence electrons. The maximum atomic E-state index is 14.2. The number of methoxy groups -OCH3 is 2. The molecule has 0 fully saturated rings. The van der Waals surface area contributed by atoms with Crippen LogP contribution in [-0.2, 0) is 6.54 Å². The van der Waals surface area contributed by atoms with E-state index in [9.17, 15) is 13.6 Å². The summed E-state index contributed by atoms with van der Waals surface area (Å²) in [4.78, 5) is 12.3. The summed E-state index contributed by atoms with van der Waals surface area (Å²) in [6.07, 6.45) is 0. The summed E-state index contributed by atoms with van der Waals surface area (Å²) in [6, 6.07) is 10.1. The molecule has 1 heterocycles. The van der Waals surface area contributed by atoms with Crippen molar-refractivity contribution in [1.82, 2.24) is 9.78 Å². The van der Waals surface area contributed by atoms with Crippen LogP contribution in [0.25, 0.3) is 22.4 Å². The molecule has 3 rings (SSSR count).